The molecule has 6 amide bonds. The van der Waals surface area contributed by atoms with Crippen LogP contribution in [0.5, 0.6) is 0 Å². The molecule has 1 saturated carbocycles. The van der Waals surface area contributed by atoms with E-state index in [4.69, 9.17) is 21.6 Å². The van der Waals surface area contributed by atoms with Crippen LogP contribution in [0.4, 0.5) is 0 Å². The fourth-order valence-corrected chi connectivity index (χ4v) is 17.3. The lowest BCUT2D eigenvalue weighted by molar-refractivity contribution is -0.142. The van der Waals surface area contributed by atoms with Crippen molar-refractivity contribution in [3.05, 3.63) is 11.4 Å². The predicted octanol–water partition coefficient (Wildman–Crippen LogP) is 14.8. The van der Waals surface area contributed by atoms with Gasteiger partial charge >= 0.3 is 23.1 Å². The third-order valence-electron chi connectivity index (χ3n) is 16.8. The van der Waals surface area contributed by atoms with Gasteiger partial charge in [-0.1, -0.05) is 143 Å². The highest BCUT2D eigenvalue weighted by Gasteiger charge is 2.43. The lowest BCUT2D eigenvalue weighted by Crippen LogP contribution is -2.37. The van der Waals surface area contributed by atoms with Crippen LogP contribution in [0.3, 0.4) is 0 Å². The van der Waals surface area contributed by atoms with Gasteiger partial charge in [-0.25, -0.2) is 4.68 Å². The molecule has 29 heteroatoms. The Labute approximate surface area is 658 Å². The summed E-state index contributed by atoms with van der Waals surface area (Å²) in [4.78, 5) is 134. The molecule has 4 heterocycles. The number of nitrogens with zero attached hydrogens (tertiary/aromatic N) is 6. The summed E-state index contributed by atoms with van der Waals surface area (Å²) in [6.07, 6.45) is 12.5. The third kappa shape index (κ3) is 41.8. The van der Waals surface area contributed by atoms with E-state index < -0.39 is 23.1 Å². The Morgan fingerprint density at radius 2 is 0.895 bits per heavy atom. The molecule has 105 heavy (non-hydrogen) atoms. The van der Waals surface area contributed by atoms with E-state index in [0.29, 0.717) is 87.9 Å². The van der Waals surface area contributed by atoms with Crippen LogP contribution in [-0.2, 0) is 87.0 Å². The Bertz CT molecular complexity index is 2920. The number of rotatable bonds is 29. The number of ether oxygens (including phenoxy) is 1. The predicted molar refractivity (Wildman–Crippen MR) is 431 cm³/mol. The van der Waals surface area contributed by atoms with Gasteiger partial charge in [-0.2, -0.15) is 16.8 Å². The Morgan fingerprint density at radius 1 is 0.467 bits per heavy atom. The molecule has 1 aromatic rings. The first-order valence-corrected chi connectivity index (χ1v) is 43.7. The van der Waals surface area contributed by atoms with E-state index in [1.165, 1.54) is 46.5 Å². The molecule has 0 aromatic carbocycles. The maximum Gasteiger partial charge on any atom is 0.335 e. The van der Waals surface area contributed by atoms with E-state index in [2.05, 4.69) is 98.1 Å². The second kappa shape index (κ2) is 54.8. The second-order valence-electron chi connectivity index (χ2n) is 30.6. The summed E-state index contributed by atoms with van der Waals surface area (Å²) in [5.41, 5.74) is 2.37. The third-order valence-corrected chi connectivity index (χ3v) is 22.9. The minimum absolute atomic E-state index is 0.00548. The number of imide groups is 3. The van der Waals surface area contributed by atoms with Crippen molar-refractivity contribution in [3.8, 4) is 0 Å². The molecule has 4 fully saturated rings. The number of Topliss-reactive ketones (excluding diaryl/α,β-unsaturated/α-hetero) is 5. The van der Waals surface area contributed by atoms with Crippen molar-refractivity contribution in [1.82, 2.24) is 29.7 Å². The van der Waals surface area contributed by atoms with Gasteiger partial charge < -0.3 is 4.74 Å². The number of hydrogen-bond acceptors (Lipinski definition) is 23. The quantitative estimate of drug-likeness (QED) is 0.0673. The van der Waals surface area contributed by atoms with Gasteiger partial charge in [-0.15, -0.1) is 63.9 Å². The minimum atomic E-state index is -0.750. The molecule has 0 spiro atoms. The fraction of sp³-hybridized carbons (Fsp3) is 0.829. The fourth-order valence-electron chi connectivity index (χ4n) is 11.7. The number of ketones is 5. The number of thioether (sulfide) groups is 5. The molecule has 3 aliphatic heterocycles. The highest BCUT2D eigenvalue weighted by atomic mass is 32.2. The van der Waals surface area contributed by atoms with Gasteiger partial charge in [0.1, 0.15) is 34.9 Å². The molecule has 0 bridgehead atoms. The summed E-state index contributed by atoms with van der Waals surface area (Å²) in [5.74, 6) is 1.63. The smallest absolute Gasteiger partial charge is 0.335 e. The van der Waals surface area contributed by atoms with Crippen LogP contribution < -0.4 is 0 Å². The van der Waals surface area contributed by atoms with Crippen LogP contribution in [-0.4, -0.2) is 189 Å². The van der Waals surface area contributed by atoms with Gasteiger partial charge in [0, 0.05) is 80.8 Å². The molecule has 604 valence electrons. The summed E-state index contributed by atoms with van der Waals surface area (Å²) in [6.45, 7) is 52.6. The summed E-state index contributed by atoms with van der Waals surface area (Å²) < 4.78 is 41.3. The number of carbonyl (C=O) groups is 11. The van der Waals surface area contributed by atoms with Gasteiger partial charge in [-0.05, 0) is 138 Å². The number of hydrogen-bond donors (Lipinski definition) is 0. The highest BCUT2D eigenvalue weighted by molar-refractivity contribution is 8.02. The normalized spacial score (nSPS) is 20.1. The first-order chi connectivity index (χ1) is 48.7. The zero-order valence-electron chi connectivity index (χ0n) is 68.1. The molecule has 2 aliphatic carbocycles. The van der Waals surface area contributed by atoms with Gasteiger partial charge in [0.15, 0.2) is 5.78 Å². The number of fused-ring (bicyclic) bond motifs is 1. The van der Waals surface area contributed by atoms with Crippen molar-refractivity contribution in [3.63, 3.8) is 0 Å². The standard InChI is InChI=1S/C18H29NO3S.C14H25N3O.C12H19NO3S.C12H22O2S.C10H17NO2S.C10H20OS.2O2S/c1-11(2)17(21)14-7-5-13(6-8-14)10-19-16(20)9-15(18(19)22)23-12(3)4;1-10(2)17-12-8-6-5-7-9-13(18-11(3)4)14(12)15-16-17;1-7(2)9(14)6-13-11(15)5-10(12(13)16)17-8(3)4;1-8(2)11(13)6-7-12(14)10(5)15-9(3)4;1-6(2)11-9(12)5-8(10(11)13)14-7(3)4;1-7(2)6-10(11)9(5)12-8(3)4;2*1-3-2/h11-15H,5-10H2,1-4H3;10-11,13H,5-9H2,1-4H3;7-8,10H,5-6H2,1-4H3;8-10H,6-7H2,1-5H3;6-8H,5H2,1-4H3;7-9H,6H2,1-5H3;;. The minimum Gasteiger partial charge on any atom is -0.369 e. The van der Waals surface area contributed by atoms with Gasteiger partial charge in [0.05, 0.1) is 44.6 Å². The SMILES string of the molecule is CC(C)CC(=O)C(C)SC(C)C.CC(C)OC1CCCCCc2c1nnn2C(C)C.CC(C)SC(C)C(=O)CCC(=O)C(C)C.CC(C)SC1CC(=O)N(C(C)C)C1=O.CC(C)SC1CC(=O)N(CC(=O)C(C)C)C1=O.CC(C)SC1CC(=O)N(CC2CCC(C(=O)C(C)C)CC2)C1=O.O=S=O.O=S=O. The molecule has 22 nitrogen and oxygen atoms in total. The first kappa shape index (κ1) is 103. The maximum atomic E-state index is 12.4. The van der Waals surface area contributed by atoms with Crippen molar-refractivity contribution >= 4 is 146 Å². The highest BCUT2D eigenvalue weighted by Crippen LogP contribution is 2.36. The Kier molecular flexibility index (Phi) is 53.9. The molecule has 0 radical (unpaired) electrons. The molecule has 6 unspecified atom stereocenters. The van der Waals surface area contributed by atoms with E-state index in [-0.39, 0.29) is 134 Å². The van der Waals surface area contributed by atoms with E-state index >= 15 is 0 Å². The average Bonchev–Trinajstić information content (AvgIpc) is 1.72. The number of aromatic nitrogens is 3. The van der Waals surface area contributed by atoms with E-state index in [9.17, 15) is 52.7 Å². The number of amides is 6. The molecule has 5 aliphatic rings. The largest absolute Gasteiger partial charge is 0.369 e. The summed E-state index contributed by atoms with van der Waals surface area (Å²) in [5, 5.41) is 10.3. The van der Waals surface area contributed by atoms with Crippen LogP contribution in [0, 0.1) is 35.5 Å². The lowest BCUT2D eigenvalue weighted by atomic mass is 9.77. The topological polar surface area (TPSA) is 306 Å². The van der Waals surface area contributed by atoms with Crippen molar-refractivity contribution in [2.24, 2.45) is 35.5 Å². The molecule has 0 N–H and O–H groups in total. The van der Waals surface area contributed by atoms with Crippen LogP contribution >= 0.6 is 58.8 Å². The van der Waals surface area contributed by atoms with Crippen LogP contribution in [0.25, 0.3) is 0 Å². The van der Waals surface area contributed by atoms with E-state index in [0.717, 1.165) is 55.5 Å². The van der Waals surface area contributed by atoms with Crippen LogP contribution in [0.1, 0.15) is 293 Å². The summed E-state index contributed by atoms with van der Waals surface area (Å²) >= 11 is 6.58. The Balaban J connectivity index is 0. The molecular formula is C76H132N6O16S7. The zero-order chi connectivity index (χ0) is 81.5. The Morgan fingerprint density at radius 3 is 1.30 bits per heavy atom. The van der Waals surface area contributed by atoms with Crippen LogP contribution in [0.2, 0.25) is 0 Å². The maximum absolute atomic E-state index is 12.4. The van der Waals surface area contributed by atoms with E-state index in [1.807, 2.05) is 83.1 Å². The molecule has 6 rings (SSSR count). The molecule has 3 saturated heterocycles. The molecular weight excluding hydrogens is 1480 g/mol. The summed E-state index contributed by atoms with van der Waals surface area (Å²) in [7, 11) is 0. The van der Waals surface area contributed by atoms with Crippen molar-refractivity contribution < 1.29 is 74.3 Å². The summed E-state index contributed by atoms with van der Waals surface area (Å²) in [6, 6.07) is 0.369. The van der Waals surface area contributed by atoms with Crippen molar-refractivity contribution in [2.45, 2.75) is 353 Å². The number of carbonyl (C=O) groups excluding carboxylic acids is 11. The van der Waals surface area contributed by atoms with E-state index in [1.54, 1.807) is 60.9 Å². The van der Waals surface area contributed by atoms with Gasteiger partial charge in [0.2, 0.25) is 35.4 Å². The zero-order valence-corrected chi connectivity index (χ0v) is 73.9. The average molecular weight is 1610 g/mol. The van der Waals surface area contributed by atoms with Crippen molar-refractivity contribution in [2.75, 3.05) is 13.1 Å². The lowest BCUT2D eigenvalue weighted by Gasteiger charge is -2.30. The van der Waals surface area contributed by atoms with Crippen molar-refractivity contribution in [1.29, 1.82) is 0 Å². The van der Waals surface area contributed by atoms with Crippen LogP contribution in [0.15, 0.2) is 0 Å². The molecule has 6 atom stereocenters. The first-order valence-electron chi connectivity index (χ1n) is 37.6. The monoisotopic (exact) mass is 1610 g/mol. The van der Waals surface area contributed by atoms with Gasteiger partial charge in [-0.3, -0.25) is 67.4 Å². The molecule has 1 aromatic heterocycles. The van der Waals surface area contributed by atoms with Gasteiger partial charge in [0.25, 0.3) is 0 Å². The number of likely N-dealkylation sites (tertiary alicyclic amines) is 3. The Hall–Kier alpha value is -3.74. The second-order valence-corrected chi connectivity index (χ2v) is 40.0.